The minimum atomic E-state index is -1.91. The molecule has 0 saturated heterocycles. The molecule has 0 unspecified atom stereocenters. The molecule has 0 bridgehead atoms. The zero-order valence-corrected chi connectivity index (χ0v) is 9.43. The first kappa shape index (κ1) is 11.8. The highest BCUT2D eigenvalue weighted by Crippen LogP contribution is 2.33. The highest BCUT2D eigenvalue weighted by atomic mass is 79.9. The summed E-state index contributed by atoms with van der Waals surface area (Å²) >= 11 is 8.66. The van der Waals surface area contributed by atoms with Gasteiger partial charge in [-0.15, -0.1) is 0 Å². The number of benzene rings is 1. The summed E-state index contributed by atoms with van der Waals surface area (Å²) in [5.41, 5.74) is -0.303. The third-order valence-electron chi connectivity index (χ3n) is 1.63. The van der Waals surface area contributed by atoms with E-state index in [0.29, 0.717) is 4.47 Å². The molecule has 0 heterocycles. The van der Waals surface area contributed by atoms with Crippen LogP contribution < -0.4 is 10.2 Å². The lowest BCUT2D eigenvalue weighted by atomic mass is 9.80. The predicted molar refractivity (Wildman–Crippen MR) is 55.5 cm³/mol. The van der Waals surface area contributed by atoms with Gasteiger partial charge in [-0.3, -0.25) is 0 Å². The van der Waals surface area contributed by atoms with Gasteiger partial charge in [0.25, 0.3) is 0 Å². The van der Waals surface area contributed by atoms with Crippen molar-refractivity contribution in [3.05, 3.63) is 21.4 Å². The van der Waals surface area contributed by atoms with Gasteiger partial charge in [-0.1, -0.05) is 11.6 Å². The Morgan fingerprint density at radius 1 is 1.57 bits per heavy atom. The van der Waals surface area contributed by atoms with Crippen LogP contribution in [0, 0.1) is 5.82 Å². The Kier molecular flexibility index (Phi) is 3.77. The van der Waals surface area contributed by atoms with Crippen molar-refractivity contribution in [2.75, 3.05) is 7.11 Å². The average Bonchev–Trinajstić information content (AvgIpc) is 2.12. The van der Waals surface area contributed by atoms with Crippen LogP contribution >= 0.6 is 27.5 Å². The quantitative estimate of drug-likeness (QED) is 0.627. The molecule has 0 spiro atoms. The van der Waals surface area contributed by atoms with Crippen molar-refractivity contribution in [1.82, 2.24) is 0 Å². The van der Waals surface area contributed by atoms with E-state index in [0.717, 1.165) is 0 Å². The number of rotatable bonds is 2. The molecule has 1 aromatic rings. The zero-order chi connectivity index (χ0) is 10.9. The summed E-state index contributed by atoms with van der Waals surface area (Å²) in [4.78, 5) is 0. The van der Waals surface area contributed by atoms with Crippen molar-refractivity contribution >= 4 is 40.1 Å². The number of methoxy groups -OCH3 is 1. The van der Waals surface area contributed by atoms with Gasteiger partial charge >= 0.3 is 7.12 Å². The summed E-state index contributed by atoms with van der Waals surface area (Å²) < 4.78 is 18.5. The maximum atomic E-state index is 13.3. The highest BCUT2D eigenvalue weighted by molar-refractivity contribution is 9.10. The topological polar surface area (TPSA) is 49.7 Å². The molecule has 1 rings (SSSR count). The minimum absolute atomic E-state index is 0.119. The van der Waals surface area contributed by atoms with E-state index in [2.05, 4.69) is 15.9 Å². The van der Waals surface area contributed by atoms with Crippen LogP contribution in [0.1, 0.15) is 0 Å². The number of hydrogen-bond donors (Lipinski definition) is 2. The van der Waals surface area contributed by atoms with Crippen LogP contribution in [0.25, 0.3) is 0 Å². The molecule has 3 nitrogen and oxygen atoms in total. The summed E-state index contributed by atoms with van der Waals surface area (Å²) in [5.74, 6) is -0.782. The Bertz CT molecular complexity index is 361. The molecule has 0 fully saturated rings. The SMILES string of the molecule is COc1c(Br)cc(B(O)O)c(F)c1Cl. The Morgan fingerprint density at radius 3 is 2.57 bits per heavy atom. The molecule has 0 saturated carbocycles. The summed E-state index contributed by atoms with van der Waals surface area (Å²) in [7, 11) is -0.574. The maximum absolute atomic E-state index is 13.3. The second-order valence-electron chi connectivity index (χ2n) is 2.48. The van der Waals surface area contributed by atoms with E-state index < -0.39 is 12.9 Å². The van der Waals surface area contributed by atoms with E-state index >= 15 is 0 Å². The molecule has 14 heavy (non-hydrogen) atoms. The van der Waals surface area contributed by atoms with Crippen molar-refractivity contribution in [2.24, 2.45) is 0 Å². The van der Waals surface area contributed by atoms with E-state index in [9.17, 15) is 4.39 Å². The molecular weight excluding hydrogens is 277 g/mol. The molecular formula is C7H6BBrClFO3. The highest BCUT2D eigenvalue weighted by Gasteiger charge is 2.23. The van der Waals surface area contributed by atoms with Gasteiger partial charge in [0, 0.05) is 5.46 Å². The molecule has 0 aliphatic heterocycles. The monoisotopic (exact) mass is 282 g/mol. The van der Waals surface area contributed by atoms with Crippen LogP contribution in [0.3, 0.4) is 0 Å². The third kappa shape index (κ3) is 2.03. The van der Waals surface area contributed by atoms with Crippen LogP contribution in [-0.4, -0.2) is 24.3 Å². The Morgan fingerprint density at radius 2 is 2.14 bits per heavy atom. The van der Waals surface area contributed by atoms with E-state index in [1.807, 2.05) is 0 Å². The molecule has 0 aromatic heterocycles. The van der Waals surface area contributed by atoms with Crippen molar-refractivity contribution in [3.63, 3.8) is 0 Å². The van der Waals surface area contributed by atoms with E-state index in [4.69, 9.17) is 26.4 Å². The predicted octanol–water partition coefficient (Wildman–Crippen LogP) is 0.930. The number of ether oxygens (including phenoxy) is 1. The van der Waals surface area contributed by atoms with Gasteiger partial charge in [0.1, 0.15) is 10.8 Å². The second-order valence-corrected chi connectivity index (χ2v) is 3.71. The van der Waals surface area contributed by atoms with Crippen molar-refractivity contribution in [2.45, 2.75) is 0 Å². The largest absolute Gasteiger partial charge is 0.494 e. The van der Waals surface area contributed by atoms with Crippen LogP contribution in [0.4, 0.5) is 4.39 Å². The molecule has 1 aromatic carbocycles. The fraction of sp³-hybridized carbons (Fsp3) is 0.143. The molecule has 0 aliphatic carbocycles. The molecule has 2 N–H and O–H groups in total. The minimum Gasteiger partial charge on any atom is -0.494 e. The van der Waals surface area contributed by atoms with Gasteiger partial charge in [-0.05, 0) is 22.0 Å². The lowest BCUT2D eigenvalue weighted by Crippen LogP contribution is -2.33. The van der Waals surface area contributed by atoms with Gasteiger partial charge < -0.3 is 14.8 Å². The van der Waals surface area contributed by atoms with E-state index in [1.54, 1.807) is 0 Å². The van der Waals surface area contributed by atoms with Gasteiger partial charge in [0.2, 0.25) is 0 Å². The lowest BCUT2D eigenvalue weighted by molar-refractivity contribution is 0.407. The second kappa shape index (κ2) is 4.48. The van der Waals surface area contributed by atoms with E-state index in [-0.39, 0.29) is 16.2 Å². The van der Waals surface area contributed by atoms with Gasteiger partial charge in [0.15, 0.2) is 5.75 Å². The smallest absolute Gasteiger partial charge is 0.491 e. The molecule has 7 heteroatoms. The molecule has 0 aliphatic rings. The summed E-state index contributed by atoms with van der Waals surface area (Å²) in [6.45, 7) is 0. The van der Waals surface area contributed by atoms with Crippen LogP contribution in [-0.2, 0) is 0 Å². The molecule has 0 radical (unpaired) electrons. The summed E-state index contributed by atoms with van der Waals surface area (Å²) in [5, 5.41) is 17.3. The molecule has 0 atom stereocenters. The summed E-state index contributed by atoms with van der Waals surface area (Å²) in [6.07, 6.45) is 0. The average molecular weight is 283 g/mol. The van der Waals surface area contributed by atoms with Gasteiger partial charge in [-0.25, -0.2) is 4.39 Å². The van der Waals surface area contributed by atoms with Crippen molar-refractivity contribution in [1.29, 1.82) is 0 Å². The normalized spacial score (nSPS) is 10.1. The van der Waals surface area contributed by atoms with Crippen molar-refractivity contribution < 1.29 is 19.2 Å². The first-order valence-electron chi connectivity index (χ1n) is 3.56. The van der Waals surface area contributed by atoms with Crippen molar-refractivity contribution in [3.8, 4) is 5.75 Å². The maximum Gasteiger partial charge on any atom is 0.491 e. The Hall–Kier alpha value is -0.295. The number of hydrogen-bond acceptors (Lipinski definition) is 3. The number of halogens is 3. The van der Waals surface area contributed by atoms with Crippen LogP contribution in [0.2, 0.25) is 5.02 Å². The Balaban J connectivity index is 3.40. The first-order valence-corrected chi connectivity index (χ1v) is 4.73. The zero-order valence-electron chi connectivity index (χ0n) is 7.09. The molecule has 76 valence electrons. The molecule has 0 amide bonds. The fourth-order valence-electron chi connectivity index (χ4n) is 0.972. The Labute approximate surface area is 93.7 Å². The first-order chi connectivity index (χ1) is 6.49. The third-order valence-corrected chi connectivity index (χ3v) is 2.55. The standard InChI is InChI=1S/C7H6BBrClFO3/c1-14-7-4(9)2-3(8(12)13)6(11)5(7)10/h2,12-13H,1H3. The van der Waals surface area contributed by atoms with E-state index in [1.165, 1.54) is 13.2 Å². The van der Waals surface area contributed by atoms with Gasteiger partial charge in [-0.2, -0.15) is 0 Å². The van der Waals surface area contributed by atoms with Gasteiger partial charge in [0.05, 0.1) is 11.6 Å². The van der Waals surface area contributed by atoms with Crippen LogP contribution in [0.15, 0.2) is 10.5 Å². The van der Waals surface area contributed by atoms with Crippen LogP contribution in [0.5, 0.6) is 5.75 Å². The fourth-order valence-corrected chi connectivity index (χ4v) is 1.98. The summed E-state index contributed by atoms with van der Waals surface area (Å²) in [6, 6.07) is 1.20. The lowest BCUT2D eigenvalue weighted by Gasteiger charge is -2.10.